The zero-order chi connectivity index (χ0) is 14.3. The normalized spacial score (nSPS) is 10.2. The van der Waals surface area contributed by atoms with Crippen LogP contribution in [0.25, 0.3) is 0 Å². The number of nitrogens with zero attached hydrogens (tertiary/aromatic N) is 1. The Morgan fingerprint density at radius 2 is 1.62 bits per heavy atom. The van der Waals surface area contributed by atoms with Gasteiger partial charge in [-0.25, -0.2) is 0 Å². The molecule has 0 radical (unpaired) electrons. The fraction of sp³-hybridized carbons (Fsp3) is 0.400. The van der Waals surface area contributed by atoms with Crippen molar-refractivity contribution in [3.05, 3.63) is 34.4 Å². The standard InChI is InChI=1S/C10H14NO7P.2Na/c12-11(13)9-1-3-10(4-2-9)18-6-5-17-7-8-19(14,15)16;;/h1-4H,5-8H2,(H2,14,15,16);;/q;2*+1/p-2. The number of rotatable bonds is 8. The van der Waals surface area contributed by atoms with Gasteiger partial charge in [0.15, 0.2) is 0 Å². The van der Waals surface area contributed by atoms with Gasteiger partial charge in [0, 0.05) is 12.1 Å². The second kappa shape index (κ2) is 12.0. The summed E-state index contributed by atoms with van der Waals surface area (Å²) >= 11 is 0. The number of nitro groups is 1. The van der Waals surface area contributed by atoms with Gasteiger partial charge in [0.2, 0.25) is 0 Å². The number of hydrogen-bond acceptors (Lipinski definition) is 7. The van der Waals surface area contributed by atoms with E-state index < -0.39 is 18.7 Å². The summed E-state index contributed by atoms with van der Waals surface area (Å²) in [6, 6.07) is 5.51. The molecular weight excluding hydrogens is 323 g/mol. The summed E-state index contributed by atoms with van der Waals surface area (Å²) in [4.78, 5) is 30.4. The Morgan fingerprint density at radius 3 is 2.10 bits per heavy atom. The average Bonchev–Trinajstić information content (AvgIpc) is 2.33. The molecule has 0 aliphatic carbocycles. The van der Waals surface area contributed by atoms with Crippen LogP contribution in [0, 0.1) is 10.1 Å². The molecule has 0 N–H and O–H groups in total. The first-order valence-electron chi connectivity index (χ1n) is 5.34. The van der Waals surface area contributed by atoms with Crippen molar-refractivity contribution in [3.63, 3.8) is 0 Å². The van der Waals surface area contributed by atoms with E-state index in [4.69, 9.17) is 9.47 Å². The van der Waals surface area contributed by atoms with Crippen LogP contribution in [0.5, 0.6) is 5.75 Å². The van der Waals surface area contributed by atoms with E-state index in [9.17, 15) is 24.5 Å². The van der Waals surface area contributed by atoms with Crippen molar-refractivity contribution in [1.82, 2.24) is 0 Å². The predicted molar refractivity (Wildman–Crippen MR) is 61.9 cm³/mol. The number of ether oxygens (including phenoxy) is 2. The monoisotopic (exact) mass is 335 g/mol. The molecule has 8 nitrogen and oxygen atoms in total. The van der Waals surface area contributed by atoms with E-state index in [1.54, 1.807) is 0 Å². The summed E-state index contributed by atoms with van der Waals surface area (Å²) < 4.78 is 20.4. The first kappa shape index (κ1) is 23.8. The van der Waals surface area contributed by atoms with Gasteiger partial charge < -0.3 is 23.8 Å². The number of benzene rings is 1. The third kappa shape index (κ3) is 11.7. The smallest absolute Gasteiger partial charge is 0.811 e. The molecule has 1 aromatic rings. The van der Waals surface area contributed by atoms with Gasteiger partial charge in [-0.2, -0.15) is 0 Å². The van der Waals surface area contributed by atoms with Crippen molar-refractivity contribution >= 4 is 13.3 Å². The van der Waals surface area contributed by atoms with Gasteiger partial charge >= 0.3 is 59.1 Å². The molecule has 0 heterocycles. The summed E-state index contributed by atoms with van der Waals surface area (Å²) in [7, 11) is -4.52. The van der Waals surface area contributed by atoms with E-state index in [2.05, 4.69) is 0 Å². The van der Waals surface area contributed by atoms with Crippen molar-refractivity contribution in [2.75, 3.05) is 26.0 Å². The average molecular weight is 335 g/mol. The van der Waals surface area contributed by atoms with Crippen molar-refractivity contribution in [2.24, 2.45) is 0 Å². The number of non-ortho nitro benzene ring substituents is 1. The third-order valence-electron chi connectivity index (χ3n) is 2.05. The zero-order valence-electron chi connectivity index (χ0n) is 11.9. The van der Waals surface area contributed by atoms with Crippen molar-refractivity contribution in [1.29, 1.82) is 0 Å². The molecule has 0 aliphatic rings. The maximum absolute atomic E-state index is 10.4. The Balaban J connectivity index is 0. The van der Waals surface area contributed by atoms with Gasteiger partial charge in [-0.05, 0) is 18.3 Å². The second-order valence-electron chi connectivity index (χ2n) is 3.55. The molecule has 11 heteroatoms. The number of nitro benzene ring substituents is 1. The largest absolute Gasteiger partial charge is 1.00 e. The van der Waals surface area contributed by atoms with Gasteiger partial charge in [-0.3, -0.25) is 10.1 Å². The summed E-state index contributed by atoms with van der Waals surface area (Å²) in [6.45, 7) is 0.102. The molecule has 0 bridgehead atoms. The van der Waals surface area contributed by atoms with Crippen molar-refractivity contribution in [3.8, 4) is 5.75 Å². The molecule has 0 saturated heterocycles. The first-order chi connectivity index (χ1) is 8.88. The fourth-order valence-electron chi connectivity index (χ4n) is 1.16. The molecule has 106 valence electrons. The van der Waals surface area contributed by atoms with Gasteiger partial charge in [-0.15, -0.1) is 0 Å². The van der Waals surface area contributed by atoms with E-state index in [0.717, 1.165) is 0 Å². The van der Waals surface area contributed by atoms with E-state index in [-0.39, 0.29) is 84.6 Å². The Bertz CT molecular complexity index is 465. The molecule has 1 aromatic carbocycles. The van der Waals surface area contributed by atoms with Crippen LogP contribution in [0.1, 0.15) is 0 Å². The van der Waals surface area contributed by atoms with Crippen LogP contribution in [0.3, 0.4) is 0 Å². The summed E-state index contributed by atoms with van der Waals surface area (Å²) in [5, 5.41) is 10.4. The minimum absolute atomic E-state index is 0. The van der Waals surface area contributed by atoms with Crippen LogP contribution in [0.2, 0.25) is 0 Å². The van der Waals surface area contributed by atoms with E-state index in [1.807, 2.05) is 0 Å². The van der Waals surface area contributed by atoms with E-state index in [0.29, 0.717) is 5.75 Å². The maximum atomic E-state index is 10.4. The third-order valence-corrected chi connectivity index (χ3v) is 2.78. The molecule has 0 saturated carbocycles. The van der Waals surface area contributed by atoms with Crippen molar-refractivity contribution in [2.45, 2.75) is 0 Å². The van der Waals surface area contributed by atoms with Gasteiger partial charge in [0.1, 0.15) is 12.4 Å². The minimum Gasteiger partial charge on any atom is -0.811 e. The molecule has 0 amide bonds. The molecule has 0 atom stereocenters. The van der Waals surface area contributed by atoms with Crippen LogP contribution >= 0.6 is 7.60 Å². The molecule has 0 unspecified atom stereocenters. The fourth-order valence-corrected chi connectivity index (χ4v) is 1.51. The van der Waals surface area contributed by atoms with Crippen LogP contribution in [-0.4, -0.2) is 30.9 Å². The topological polar surface area (TPSA) is 125 Å². The predicted octanol–water partition coefficient (Wildman–Crippen LogP) is -6.09. The Morgan fingerprint density at radius 1 is 1.05 bits per heavy atom. The summed E-state index contributed by atoms with van der Waals surface area (Å²) in [5.41, 5.74) is -0.0368. The van der Waals surface area contributed by atoms with Gasteiger partial charge in [0.25, 0.3) is 5.69 Å². The van der Waals surface area contributed by atoms with Gasteiger partial charge in [0.05, 0.1) is 18.1 Å². The van der Waals surface area contributed by atoms with Crippen LogP contribution in [0.4, 0.5) is 5.69 Å². The maximum Gasteiger partial charge on any atom is 1.00 e. The molecule has 0 fully saturated rings. The van der Waals surface area contributed by atoms with E-state index >= 15 is 0 Å². The van der Waals surface area contributed by atoms with Gasteiger partial charge in [-0.1, -0.05) is 7.60 Å². The molecule has 0 aliphatic heterocycles. The summed E-state index contributed by atoms with van der Waals surface area (Å²) in [6.07, 6.45) is -0.551. The Hall–Kier alpha value is 0.530. The molecule has 0 spiro atoms. The zero-order valence-corrected chi connectivity index (χ0v) is 16.8. The van der Waals surface area contributed by atoms with Crippen LogP contribution in [-0.2, 0) is 9.30 Å². The van der Waals surface area contributed by atoms with E-state index in [1.165, 1.54) is 24.3 Å². The quantitative estimate of drug-likeness (QED) is 0.152. The molecule has 0 aromatic heterocycles. The Labute approximate surface area is 166 Å². The molecule has 1 rings (SSSR count). The second-order valence-corrected chi connectivity index (χ2v) is 5.22. The van der Waals surface area contributed by atoms with Crippen LogP contribution < -0.4 is 73.6 Å². The molecule has 21 heavy (non-hydrogen) atoms. The van der Waals surface area contributed by atoms with Crippen molar-refractivity contribution < 1.29 is 87.9 Å². The number of hydrogen-bond donors (Lipinski definition) is 0. The minimum atomic E-state index is -4.52. The Kier molecular flexibility index (Phi) is 13.6. The SMILES string of the molecule is O=[N+]([O-])c1ccc(OCCOCCP(=O)([O-])[O-])cc1.[Na+].[Na+]. The summed E-state index contributed by atoms with van der Waals surface area (Å²) in [5.74, 6) is 0.438. The molecular formula is C10H12NNa2O7P. The van der Waals surface area contributed by atoms with Crippen LogP contribution in [0.15, 0.2) is 24.3 Å². The first-order valence-corrected chi connectivity index (χ1v) is 7.07.